The molecular weight excluding hydrogens is 498 g/mol. The molecule has 1 aliphatic rings. The van der Waals surface area contributed by atoms with Crippen LogP contribution in [-0.4, -0.2) is 50.4 Å². The molecule has 0 amide bonds. The fourth-order valence-electron chi connectivity index (χ4n) is 4.22. The van der Waals surface area contributed by atoms with Gasteiger partial charge in [-0.2, -0.15) is 0 Å². The van der Waals surface area contributed by atoms with Crippen LogP contribution in [0.1, 0.15) is 42.3 Å². The summed E-state index contributed by atoms with van der Waals surface area (Å²) in [5.74, 6) is -0.183. The number of hydrogen-bond donors (Lipinski definition) is 1. The number of carbonyl (C=O) groups is 1. The van der Waals surface area contributed by atoms with E-state index in [2.05, 4.69) is 15.0 Å². The molecule has 3 heterocycles. The predicted octanol–water partition coefficient (Wildman–Crippen LogP) is 4.33. The molecule has 2 aromatic heterocycles. The summed E-state index contributed by atoms with van der Waals surface area (Å²) in [7, 11) is 0. The Labute approximate surface area is 218 Å². The van der Waals surface area contributed by atoms with Crippen LogP contribution in [0.5, 0.6) is 0 Å². The monoisotopic (exact) mass is 523 g/mol. The zero-order valence-corrected chi connectivity index (χ0v) is 21.0. The average Bonchev–Trinajstić information content (AvgIpc) is 3.47. The summed E-state index contributed by atoms with van der Waals surface area (Å²) >= 11 is 6.05. The first-order chi connectivity index (χ1) is 17.9. The van der Waals surface area contributed by atoms with Crippen LogP contribution in [0.4, 0.5) is 5.82 Å². The molecule has 1 fully saturated rings. The molecule has 1 aliphatic heterocycles. The van der Waals surface area contributed by atoms with E-state index in [9.17, 15) is 4.79 Å². The summed E-state index contributed by atoms with van der Waals surface area (Å²) < 4.78 is 26.1. The Morgan fingerprint density at radius 3 is 2.65 bits per heavy atom. The standard InChI is InChI=1S/C26H26ClN5O5/c1-16-26(2,37-24(36-16)18-8-10-19(27)11-9-18)25(32-15-31-20-21(28)29-14-30-22(20)32)35-13-12-34-23(33)17-6-4-3-5-7-17/h3-11,14-16,24-25H,12-13H2,1-2H3,(H2,28,29,30)/t16-,24?,25?,26-/m1/s1. The van der Waals surface area contributed by atoms with Crippen molar-refractivity contribution < 1.29 is 23.7 Å². The van der Waals surface area contributed by atoms with Crippen LogP contribution in [0.2, 0.25) is 5.02 Å². The van der Waals surface area contributed by atoms with E-state index < -0.39 is 30.2 Å². The predicted molar refractivity (Wildman–Crippen MR) is 136 cm³/mol. The largest absolute Gasteiger partial charge is 0.460 e. The number of esters is 1. The second-order valence-electron chi connectivity index (χ2n) is 8.77. The fraction of sp³-hybridized carbons (Fsp3) is 0.308. The Bertz CT molecular complexity index is 1380. The van der Waals surface area contributed by atoms with Crippen LogP contribution >= 0.6 is 11.6 Å². The number of fused-ring (bicyclic) bond motifs is 1. The van der Waals surface area contributed by atoms with Gasteiger partial charge in [-0.15, -0.1) is 0 Å². The van der Waals surface area contributed by atoms with E-state index >= 15 is 0 Å². The highest BCUT2D eigenvalue weighted by Gasteiger charge is 2.52. The minimum Gasteiger partial charge on any atom is -0.460 e. The zero-order chi connectivity index (χ0) is 26.0. The first kappa shape index (κ1) is 25.1. The van der Waals surface area contributed by atoms with Crippen molar-refractivity contribution in [3.8, 4) is 0 Å². The van der Waals surface area contributed by atoms with Crippen molar-refractivity contribution in [2.75, 3.05) is 18.9 Å². The molecule has 0 saturated carbocycles. The van der Waals surface area contributed by atoms with Crippen LogP contribution in [0, 0.1) is 0 Å². The minimum absolute atomic E-state index is 0.0277. The average molecular weight is 524 g/mol. The number of nitrogens with zero attached hydrogens (tertiary/aromatic N) is 4. The normalized spacial score (nSPS) is 22.2. The van der Waals surface area contributed by atoms with Crippen molar-refractivity contribution in [3.63, 3.8) is 0 Å². The van der Waals surface area contributed by atoms with Gasteiger partial charge in [0.1, 0.15) is 24.1 Å². The number of nitrogen functional groups attached to an aromatic ring is 1. The number of rotatable bonds is 8. The van der Waals surface area contributed by atoms with E-state index in [4.69, 9.17) is 36.3 Å². The lowest BCUT2D eigenvalue weighted by Crippen LogP contribution is -2.45. The quantitative estimate of drug-likeness (QED) is 0.265. The molecule has 0 spiro atoms. The highest BCUT2D eigenvalue weighted by molar-refractivity contribution is 6.30. The number of imidazole rings is 1. The number of nitrogens with two attached hydrogens (primary N) is 1. The number of hydrogen-bond acceptors (Lipinski definition) is 9. The summed E-state index contributed by atoms with van der Waals surface area (Å²) in [6.45, 7) is 3.91. The summed E-state index contributed by atoms with van der Waals surface area (Å²) in [5.41, 5.74) is 7.23. The molecule has 192 valence electrons. The Morgan fingerprint density at radius 2 is 1.89 bits per heavy atom. The third-order valence-electron chi connectivity index (χ3n) is 6.37. The van der Waals surface area contributed by atoms with E-state index in [-0.39, 0.29) is 19.0 Å². The Hall–Kier alpha value is -3.57. The molecule has 11 heteroatoms. The molecule has 37 heavy (non-hydrogen) atoms. The van der Waals surface area contributed by atoms with Gasteiger partial charge in [-0.1, -0.05) is 41.9 Å². The molecule has 2 unspecified atom stereocenters. The van der Waals surface area contributed by atoms with Crippen LogP contribution in [0.25, 0.3) is 11.2 Å². The smallest absolute Gasteiger partial charge is 0.338 e. The summed E-state index contributed by atoms with van der Waals surface area (Å²) in [4.78, 5) is 25.1. The van der Waals surface area contributed by atoms with Gasteiger partial charge in [0.15, 0.2) is 24.0 Å². The van der Waals surface area contributed by atoms with Crippen LogP contribution in [0.3, 0.4) is 0 Å². The summed E-state index contributed by atoms with van der Waals surface area (Å²) in [6, 6.07) is 16.0. The molecule has 10 nitrogen and oxygen atoms in total. The van der Waals surface area contributed by atoms with Crippen molar-refractivity contribution in [2.24, 2.45) is 0 Å². The lowest BCUT2D eigenvalue weighted by Gasteiger charge is -2.35. The number of halogens is 1. The number of aromatic nitrogens is 4. The first-order valence-electron chi connectivity index (χ1n) is 11.7. The lowest BCUT2D eigenvalue weighted by molar-refractivity contribution is -0.173. The third kappa shape index (κ3) is 5.01. The zero-order valence-electron chi connectivity index (χ0n) is 20.3. The van der Waals surface area contributed by atoms with Crippen LogP contribution in [-0.2, 0) is 18.9 Å². The van der Waals surface area contributed by atoms with Crippen molar-refractivity contribution in [1.82, 2.24) is 19.5 Å². The molecule has 0 aliphatic carbocycles. The fourth-order valence-corrected chi connectivity index (χ4v) is 4.34. The van der Waals surface area contributed by atoms with E-state index in [1.807, 2.05) is 32.0 Å². The van der Waals surface area contributed by atoms with Gasteiger partial charge in [-0.3, -0.25) is 4.57 Å². The highest BCUT2D eigenvalue weighted by Crippen LogP contribution is 2.45. The first-order valence-corrected chi connectivity index (χ1v) is 12.1. The Kier molecular flexibility index (Phi) is 7.07. The molecule has 0 radical (unpaired) electrons. The topological polar surface area (TPSA) is 124 Å². The molecule has 2 aromatic carbocycles. The molecule has 4 atom stereocenters. The van der Waals surface area contributed by atoms with Crippen molar-refractivity contribution >= 4 is 34.6 Å². The lowest BCUT2D eigenvalue weighted by atomic mass is 9.98. The minimum atomic E-state index is -0.985. The number of carbonyl (C=O) groups excluding carboxylic acids is 1. The SMILES string of the molecule is C[C@H]1OC(c2ccc(Cl)cc2)O[C@@]1(C)C(OCCOC(=O)c1ccccc1)n1cnc2c(N)ncnc21. The maximum absolute atomic E-state index is 12.3. The maximum Gasteiger partial charge on any atom is 0.338 e. The Morgan fingerprint density at radius 1 is 1.14 bits per heavy atom. The molecule has 0 bridgehead atoms. The third-order valence-corrected chi connectivity index (χ3v) is 6.62. The van der Waals surface area contributed by atoms with Crippen LogP contribution < -0.4 is 5.73 Å². The van der Waals surface area contributed by atoms with E-state index in [1.165, 1.54) is 6.33 Å². The van der Waals surface area contributed by atoms with Crippen LogP contribution in [0.15, 0.2) is 67.3 Å². The Balaban J connectivity index is 1.39. The van der Waals surface area contributed by atoms with Crippen molar-refractivity contribution in [3.05, 3.63) is 83.4 Å². The van der Waals surface area contributed by atoms with Crippen molar-refractivity contribution in [2.45, 2.75) is 38.1 Å². The number of ether oxygens (including phenoxy) is 4. The highest BCUT2D eigenvalue weighted by atomic mass is 35.5. The van der Waals surface area contributed by atoms with Gasteiger partial charge in [0, 0.05) is 10.6 Å². The van der Waals surface area contributed by atoms with Gasteiger partial charge in [-0.05, 0) is 38.1 Å². The maximum atomic E-state index is 12.3. The molecular formula is C26H26ClN5O5. The van der Waals surface area contributed by atoms with Gasteiger partial charge < -0.3 is 24.7 Å². The summed E-state index contributed by atoms with van der Waals surface area (Å²) in [5, 5.41) is 0.617. The van der Waals surface area contributed by atoms with Gasteiger partial charge >= 0.3 is 5.97 Å². The van der Waals surface area contributed by atoms with Gasteiger partial charge in [-0.25, -0.2) is 19.7 Å². The summed E-state index contributed by atoms with van der Waals surface area (Å²) in [6.07, 6.45) is 1.14. The van der Waals surface area contributed by atoms with Gasteiger partial charge in [0.25, 0.3) is 0 Å². The molecule has 1 saturated heterocycles. The van der Waals surface area contributed by atoms with Gasteiger partial charge in [0.2, 0.25) is 0 Å². The molecule has 5 rings (SSSR count). The number of benzene rings is 2. The number of anilines is 1. The van der Waals surface area contributed by atoms with Gasteiger partial charge in [0.05, 0.1) is 24.6 Å². The molecule has 4 aromatic rings. The van der Waals surface area contributed by atoms with Crippen molar-refractivity contribution in [1.29, 1.82) is 0 Å². The molecule has 2 N–H and O–H groups in total. The van der Waals surface area contributed by atoms with E-state index in [0.29, 0.717) is 21.7 Å². The van der Waals surface area contributed by atoms with E-state index in [0.717, 1.165) is 5.56 Å². The second kappa shape index (κ2) is 10.4. The van der Waals surface area contributed by atoms with E-state index in [1.54, 1.807) is 47.3 Å². The second-order valence-corrected chi connectivity index (χ2v) is 9.21.